The summed E-state index contributed by atoms with van der Waals surface area (Å²) in [6.07, 6.45) is 1.67. The van der Waals surface area contributed by atoms with Crippen molar-refractivity contribution in [2.75, 3.05) is 18.0 Å². The van der Waals surface area contributed by atoms with E-state index < -0.39 is 0 Å². The molecule has 0 aromatic heterocycles. The zero-order valence-electron chi connectivity index (χ0n) is 15.9. The van der Waals surface area contributed by atoms with Gasteiger partial charge in [0.05, 0.1) is 11.5 Å². The molecule has 0 aliphatic heterocycles. The summed E-state index contributed by atoms with van der Waals surface area (Å²) in [5.41, 5.74) is 5.98. The molecular formula is C21H27N3OS. The first-order valence-electron chi connectivity index (χ1n) is 8.94. The van der Waals surface area contributed by atoms with Gasteiger partial charge in [0.2, 0.25) is 0 Å². The lowest BCUT2D eigenvalue weighted by atomic mass is 10.2. The monoisotopic (exact) mass is 369 g/mol. The fourth-order valence-corrected chi connectivity index (χ4v) is 3.36. The number of rotatable bonds is 8. The first-order valence-corrected chi connectivity index (χ1v) is 9.82. The molecule has 0 saturated carbocycles. The summed E-state index contributed by atoms with van der Waals surface area (Å²) in [6, 6.07) is 16.3. The van der Waals surface area contributed by atoms with Crippen LogP contribution in [0.15, 0.2) is 58.5 Å². The number of carbonyl (C=O) groups is 1. The lowest BCUT2D eigenvalue weighted by Crippen LogP contribution is -2.26. The van der Waals surface area contributed by atoms with Gasteiger partial charge >= 0.3 is 0 Å². The van der Waals surface area contributed by atoms with E-state index in [2.05, 4.69) is 41.4 Å². The Morgan fingerprint density at radius 3 is 2.31 bits per heavy atom. The van der Waals surface area contributed by atoms with Crippen LogP contribution in [0.2, 0.25) is 0 Å². The molecule has 5 heteroatoms. The molecule has 2 aromatic carbocycles. The number of benzene rings is 2. The van der Waals surface area contributed by atoms with E-state index in [-0.39, 0.29) is 11.2 Å². The van der Waals surface area contributed by atoms with E-state index in [0.717, 1.165) is 23.5 Å². The van der Waals surface area contributed by atoms with Gasteiger partial charge in [0.1, 0.15) is 0 Å². The normalized spacial score (nSPS) is 12.2. The molecule has 26 heavy (non-hydrogen) atoms. The first-order chi connectivity index (χ1) is 12.5. The second-order valence-electron chi connectivity index (χ2n) is 6.07. The minimum Gasteiger partial charge on any atom is -0.372 e. The van der Waals surface area contributed by atoms with E-state index in [1.165, 1.54) is 23.0 Å². The largest absolute Gasteiger partial charge is 0.372 e. The number of hydrazone groups is 1. The molecule has 2 rings (SSSR count). The molecule has 0 fully saturated rings. The van der Waals surface area contributed by atoms with Gasteiger partial charge in [-0.15, -0.1) is 11.8 Å². The van der Waals surface area contributed by atoms with Crippen LogP contribution in [-0.4, -0.2) is 30.5 Å². The maximum absolute atomic E-state index is 12.2. The Kier molecular flexibility index (Phi) is 7.73. The molecule has 0 aliphatic rings. The van der Waals surface area contributed by atoms with Gasteiger partial charge in [-0.1, -0.05) is 29.8 Å². The third kappa shape index (κ3) is 5.92. The fraction of sp³-hybridized carbons (Fsp3) is 0.333. The van der Waals surface area contributed by atoms with Gasteiger partial charge in [0.25, 0.3) is 5.91 Å². The minimum absolute atomic E-state index is 0.105. The summed E-state index contributed by atoms with van der Waals surface area (Å²) in [5.74, 6) is -0.105. The summed E-state index contributed by atoms with van der Waals surface area (Å²) in [4.78, 5) is 15.5. The van der Waals surface area contributed by atoms with Gasteiger partial charge in [-0.05, 0) is 57.5 Å². The molecule has 0 saturated heterocycles. The zero-order valence-corrected chi connectivity index (χ0v) is 16.7. The highest BCUT2D eigenvalue weighted by molar-refractivity contribution is 8.00. The van der Waals surface area contributed by atoms with Gasteiger partial charge in [-0.2, -0.15) is 5.10 Å². The second-order valence-corrected chi connectivity index (χ2v) is 7.49. The number of hydrogen-bond acceptors (Lipinski definition) is 4. The van der Waals surface area contributed by atoms with E-state index in [4.69, 9.17) is 0 Å². The third-order valence-corrected chi connectivity index (χ3v) is 5.23. The number of amides is 1. The predicted octanol–water partition coefficient (Wildman–Crippen LogP) is 4.47. The van der Waals surface area contributed by atoms with Crippen molar-refractivity contribution < 1.29 is 4.79 Å². The van der Waals surface area contributed by atoms with Crippen LogP contribution in [0.4, 0.5) is 5.69 Å². The number of anilines is 1. The molecule has 0 aliphatic carbocycles. The number of carbonyl (C=O) groups excluding carboxylic acids is 1. The second kappa shape index (κ2) is 10.0. The Morgan fingerprint density at radius 1 is 1.12 bits per heavy atom. The van der Waals surface area contributed by atoms with Gasteiger partial charge in [0, 0.05) is 23.7 Å². The molecule has 4 nitrogen and oxygen atoms in total. The van der Waals surface area contributed by atoms with Crippen molar-refractivity contribution in [1.29, 1.82) is 0 Å². The summed E-state index contributed by atoms with van der Waals surface area (Å²) >= 11 is 1.53. The van der Waals surface area contributed by atoms with Crippen molar-refractivity contribution in [2.24, 2.45) is 5.10 Å². The lowest BCUT2D eigenvalue weighted by molar-refractivity contribution is -0.120. The SMILES string of the molecule is CCN(CC)c1ccc(/C=N\NC(=O)[C@@H](C)Sc2ccc(C)cc2)cc1. The molecule has 0 unspecified atom stereocenters. The van der Waals surface area contributed by atoms with E-state index >= 15 is 0 Å². The zero-order chi connectivity index (χ0) is 18.9. The van der Waals surface area contributed by atoms with Crippen LogP contribution in [0.3, 0.4) is 0 Å². The van der Waals surface area contributed by atoms with E-state index in [1.807, 2.05) is 50.2 Å². The molecule has 0 spiro atoms. The van der Waals surface area contributed by atoms with E-state index in [0.29, 0.717) is 0 Å². The first kappa shape index (κ1) is 20.0. The van der Waals surface area contributed by atoms with Crippen LogP contribution >= 0.6 is 11.8 Å². The highest BCUT2D eigenvalue weighted by Crippen LogP contribution is 2.23. The Morgan fingerprint density at radius 2 is 1.73 bits per heavy atom. The van der Waals surface area contributed by atoms with Crippen LogP contribution in [0, 0.1) is 6.92 Å². The Labute approximate surface area is 160 Å². The summed E-state index contributed by atoms with van der Waals surface area (Å²) < 4.78 is 0. The minimum atomic E-state index is -0.208. The number of thioether (sulfide) groups is 1. The van der Waals surface area contributed by atoms with Crippen LogP contribution in [0.25, 0.3) is 0 Å². The number of nitrogens with one attached hydrogen (secondary N) is 1. The van der Waals surface area contributed by atoms with Gasteiger partial charge in [-0.3, -0.25) is 4.79 Å². The highest BCUT2D eigenvalue weighted by Gasteiger charge is 2.13. The van der Waals surface area contributed by atoms with Crippen molar-refractivity contribution in [3.8, 4) is 0 Å². The van der Waals surface area contributed by atoms with Gasteiger partial charge < -0.3 is 4.90 Å². The molecule has 2 aromatic rings. The Hall–Kier alpha value is -2.27. The van der Waals surface area contributed by atoms with Gasteiger partial charge in [0.15, 0.2) is 0 Å². The molecule has 0 bridgehead atoms. The maximum Gasteiger partial charge on any atom is 0.253 e. The van der Waals surface area contributed by atoms with Crippen LogP contribution < -0.4 is 10.3 Å². The maximum atomic E-state index is 12.2. The van der Waals surface area contributed by atoms with Crippen molar-refractivity contribution >= 4 is 29.6 Å². The van der Waals surface area contributed by atoms with Crippen molar-refractivity contribution in [2.45, 2.75) is 37.8 Å². The molecule has 1 atom stereocenters. The van der Waals surface area contributed by atoms with Crippen LogP contribution in [0.5, 0.6) is 0 Å². The quantitative estimate of drug-likeness (QED) is 0.424. The summed E-state index contributed by atoms with van der Waals surface area (Å²) in [6.45, 7) is 10.2. The molecule has 1 amide bonds. The highest BCUT2D eigenvalue weighted by atomic mass is 32.2. The number of hydrogen-bond donors (Lipinski definition) is 1. The average molecular weight is 370 g/mol. The van der Waals surface area contributed by atoms with Gasteiger partial charge in [-0.25, -0.2) is 5.43 Å². The standard InChI is InChI=1S/C21H27N3OS/c1-5-24(6-2)19-11-9-18(10-12-19)15-22-23-21(25)17(4)26-20-13-7-16(3)8-14-20/h7-15,17H,5-6H2,1-4H3,(H,23,25)/b22-15-/t17-/m1/s1. The molecular weight excluding hydrogens is 342 g/mol. The van der Waals surface area contributed by atoms with Crippen molar-refractivity contribution in [1.82, 2.24) is 5.43 Å². The molecule has 0 heterocycles. The summed E-state index contributed by atoms with van der Waals surface area (Å²) in [5, 5.41) is 3.87. The average Bonchev–Trinajstić information content (AvgIpc) is 2.65. The molecule has 138 valence electrons. The van der Waals surface area contributed by atoms with E-state index in [1.54, 1.807) is 6.21 Å². The third-order valence-electron chi connectivity index (χ3n) is 4.11. The number of aryl methyl sites for hydroxylation is 1. The Bertz CT molecular complexity index is 722. The smallest absolute Gasteiger partial charge is 0.253 e. The van der Waals surface area contributed by atoms with Crippen molar-refractivity contribution in [3.63, 3.8) is 0 Å². The predicted molar refractivity (Wildman–Crippen MR) is 112 cm³/mol. The summed E-state index contributed by atoms with van der Waals surface area (Å²) in [7, 11) is 0. The lowest BCUT2D eigenvalue weighted by Gasteiger charge is -2.20. The Balaban J connectivity index is 1.86. The topological polar surface area (TPSA) is 44.7 Å². The van der Waals surface area contributed by atoms with Crippen LogP contribution in [-0.2, 0) is 4.79 Å². The van der Waals surface area contributed by atoms with Crippen molar-refractivity contribution in [3.05, 3.63) is 59.7 Å². The number of nitrogens with zero attached hydrogens (tertiary/aromatic N) is 2. The van der Waals surface area contributed by atoms with Crippen LogP contribution in [0.1, 0.15) is 31.9 Å². The van der Waals surface area contributed by atoms with E-state index in [9.17, 15) is 4.79 Å². The molecule has 1 N–H and O–H groups in total. The fourth-order valence-electron chi connectivity index (χ4n) is 2.50. The molecule has 0 radical (unpaired) electrons.